The van der Waals surface area contributed by atoms with Crippen molar-refractivity contribution in [3.05, 3.63) is 0 Å². The van der Waals surface area contributed by atoms with Crippen LogP contribution >= 0.6 is 0 Å². The Morgan fingerprint density at radius 3 is 2.40 bits per heavy atom. The van der Waals surface area contributed by atoms with Crippen LogP contribution in [0.5, 0.6) is 0 Å². The first-order valence-corrected chi connectivity index (χ1v) is 7.81. The van der Waals surface area contributed by atoms with E-state index < -0.39 is 5.41 Å². The molecule has 1 saturated carbocycles. The second kappa shape index (κ2) is 7.41. The van der Waals surface area contributed by atoms with Crippen LogP contribution in [0.25, 0.3) is 0 Å². The highest BCUT2D eigenvalue weighted by atomic mass is 16.5. The molecule has 0 aromatic heterocycles. The average Bonchev–Trinajstić information content (AvgIpc) is 2.46. The number of hydrogen-bond donors (Lipinski definition) is 1. The van der Waals surface area contributed by atoms with Gasteiger partial charge in [0.1, 0.15) is 0 Å². The molecule has 1 fully saturated rings. The van der Waals surface area contributed by atoms with Gasteiger partial charge >= 0.3 is 5.97 Å². The van der Waals surface area contributed by atoms with Crippen molar-refractivity contribution in [3.63, 3.8) is 0 Å². The van der Waals surface area contributed by atoms with Crippen LogP contribution in [0.2, 0.25) is 0 Å². The molecular formula is C16H31NO3. The van der Waals surface area contributed by atoms with Crippen molar-refractivity contribution in [1.29, 1.82) is 0 Å². The first kappa shape index (κ1) is 17.4. The highest BCUT2D eigenvalue weighted by molar-refractivity contribution is 5.75. The molecule has 0 heterocycles. The summed E-state index contributed by atoms with van der Waals surface area (Å²) < 4.78 is 10.9. The smallest absolute Gasteiger partial charge is 0.313 e. The minimum Gasteiger partial charge on any atom is -0.469 e. The van der Waals surface area contributed by atoms with Gasteiger partial charge in [-0.2, -0.15) is 0 Å². The Hall–Kier alpha value is -0.610. The van der Waals surface area contributed by atoms with E-state index in [1.165, 1.54) is 32.8 Å². The largest absolute Gasteiger partial charge is 0.469 e. The summed E-state index contributed by atoms with van der Waals surface area (Å²) in [5.74, 6) is 0.584. The summed E-state index contributed by atoms with van der Waals surface area (Å²) >= 11 is 0. The van der Waals surface area contributed by atoms with E-state index in [0.29, 0.717) is 13.2 Å². The van der Waals surface area contributed by atoms with Gasteiger partial charge in [-0.15, -0.1) is 0 Å². The molecule has 4 heteroatoms. The van der Waals surface area contributed by atoms with Crippen molar-refractivity contribution in [3.8, 4) is 0 Å². The van der Waals surface area contributed by atoms with Gasteiger partial charge in [-0.3, -0.25) is 4.79 Å². The van der Waals surface area contributed by atoms with Gasteiger partial charge in [-0.1, -0.05) is 19.8 Å². The molecule has 20 heavy (non-hydrogen) atoms. The summed E-state index contributed by atoms with van der Waals surface area (Å²) in [6, 6.07) is 0. The third-order valence-electron chi connectivity index (χ3n) is 4.56. The van der Waals surface area contributed by atoms with Gasteiger partial charge < -0.3 is 15.2 Å². The third-order valence-corrected chi connectivity index (χ3v) is 4.56. The highest BCUT2D eigenvalue weighted by Gasteiger charge is 2.38. The summed E-state index contributed by atoms with van der Waals surface area (Å²) in [7, 11) is 1.42. The molecule has 0 unspecified atom stereocenters. The minimum atomic E-state index is -0.614. The number of ether oxygens (including phenoxy) is 2. The molecule has 4 nitrogen and oxygen atoms in total. The molecule has 0 aromatic carbocycles. The molecule has 0 radical (unpaired) electrons. The van der Waals surface area contributed by atoms with E-state index in [2.05, 4.69) is 6.92 Å². The van der Waals surface area contributed by atoms with Crippen molar-refractivity contribution in [2.45, 2.75) is 64.9 Å². The lowest BCUT2D eigenvalue weighted by Crippen LogP contribution is -2.46. The SMILES string of the molecule is CCCC1CCC(CN)(OCC(C)(C)C(=O)OC)CC1. The normalized spacial score (nSPS) is 27.4. The molecule has 118 valence electrons. The lowest BCUT2D eigenvalue weighted by molar-refractivity contribution is -0.161. The molecule has 0 aromatic rings. The maximum absolute atomic E-state index is 11.7. The molecule has 0 saturated heterocycles. The summed E-state index contributed by atoms with van der Waals surface area (Å²) in [5.41, 5.74) is 5.10. The lowest BCUT2D eigenvalue weighted by Gasteiger charge is -2.41. The van der Waals surface area contributed by atoms with E-state index in [0.717, 1.165) is 18.8 Å². The lowest BCUT2D eigenvalue weighted by atomic mass is 9.77. The molecule has 1 aliphatic rings. The topological polar surface area (TPSA) is 61.5 Å². The number of carbonyl (C=O) groups excluding carboxylic acids is 1. The van der Waals surface area contributed by atoms with Gasteiger partial charge in [-0.05, 0) is 45.4 Å². The average molecular weight is 285 g/mol. The van der Waals surface area contributed by atoms with E-state index in [1.54, 1.807) is 0 Å². The Balaban J connectivity index is 2.53. The Morgan fingerprint density at radius 1 is 1.35 bits per heavy atom. The molecule has 0 amide bonds. The molecule has 0 bridgehead atoms. The summed E-state index contributed by atoms with van der Waals surface area (Å²) in [6.07, 6.45) is 6.93. The monoisotopic (exact) mass is 285 g/mol. The van der Waals surface area contributed by atoms with Gasteiger partial charge in [0.2, 0.25) is 0 Å². The minimum absolute atomic E-state index is 0.232. The van der Waals surface area contributed by atoms with Crippen LogP contribution in [0.1, 0.15) is 59.3 Å². The molecule has 1 rings (SSSR count). The second-order valence-electron chi connectivity index (χ2n) is 6.78. The predicted octanol–water partition coefficient (Wildman–Crippen LogP) is 2.89. The molecule has 1 aliphatic carbocycles. The molecular weight excluding hydrogens is 254 g/mol. The van der Waals surface area contributed by atoms with Gasteiger partial charge in [0, 0.05) is 6.54 Å². The van der Waals surface area contributed by atoms with Crippen LogP contribution in [-0.4, -0.2) is 31.8 Å². The van der Waals surface area contributed by atoms with E-state index in [-0.39, 0.29) is 11.6 Å². The predicted molar refractivity (Wildman–Crippen MR) is 80.4 cm³/mol. The van der Waals surface area contributed by atoms with Crippen molar-refractivity contribution in [2.75, 3.05) is 20.3 Å². The highest BCUT2D eigenvalue weighted by Crippen LogP contribution is 2.37. The molecule has 0 aliphatic heterocycles. The number of esters is 1. The fraction of sp³-hybridized carbons (Fsp3) is 0.938. The van der Waals surface area contributed by atoms with Crippen LogP contribution in [0.4, 0.5) is 0 Å². The maximum Gasteiger partial charge on any atom is 0.313 e. The van der Waals surface area contributed by atoms with E-state index >= 15 is 0 Å². The number of carbonyl (C=O) groups is 1. The van der Waals surface area contributed by atoms with E-state index in [1.807, 2.05) is 13.8 Å². The number of hydrogen-bond acceptors (Lipinski definition) is 4. The van der Waals surface area contributed by atoms with Crippen molar-refractivity contribution in [1.82, 2.24) is 0 Å². The Kier molecular flexibility index (Phi) is 6.46. The van der Waals surface area contributed by atoms with E-state index in [9.17, 15) is 4.79 Å². The maximum atomic E-state index is 11.7. The van der Waals surface area contributed by atoms with Crippen molar-refractivity contribution < 1.29 is 14.3 Å². The fourth-order valence-electron chi connectivity index (χ4n) is 2.98. The van der Waals surface area contributed by atoms with Crippen LogP contribution < -0.4 is 5.73 Å². The summed E-state index contributed by atoms with van der Waals surface area (Å²) in [6.45, 7) is 6.84. The van der Waals surface area contributed by atoms with Gasteiger partial charge in [0.15, 0.2) is 0 Å². The van der Waals surface area contributed by atoms with Crippen molar-refractivity contribution in [2.24, 2.45) is 17.1 Å². The first-order chi connectivity index (χ1) is 9.39. The summed E-state index contributed by atoms with van der Waals surface area (Å²) in [5, 5.41) is 0. The molecule has 0 spiro atoms. The molecule has 0 atom stereocenters. The zero-order chi connectivity index (χ0) is 15.2. The molecule has 2 N–H and O–H groups in total. The van der Waals surface area contributed by atoms with E-state index in [4.69, 9.17) is 15.2 Å². The first-order valence-electron chi connectivity index (χ1n) is 7.81. The van der Waals surface area contributed by atoms with Crippen LogP contribution in [-0.2, 0) is 14.3 Å². The van der Waals surface area contributed by atoms with Crippen LogP contribution in [0, 0.1) is 11.3 Å². The number of rotatable bonds is 7. The van der Waals surface area contributed by atoms with Crippen molar-refractivity contribution >= 4 is 5.97 Å². The zero-order valence-electron chi connectivity index (χ0n) is 13.5. The number of methoxy groups -OCH3 is 1. The standard InChI is InChI=1S/C16H31NO3/c1-5-6-13-7-9-16(11-17,10-8-13)20-12-15(2,3)14(18)19-4/h13H,5-12,17H2,1-4H3. The summed E-state index contributed by atoms with van der Waals surface area (Å²) in [4.78, 5) is 11.7. The second-order valence-corrected chi connectivity index (χ2v) is 6.78. The van der Waals surface area contributed by atoms with Crippen LogP contribution in [0.15, 0.2) is 0 Å². The third kappa shape index (κ3) is 4.45. The Labute approximate surface area is 123 Å². The Bertz CT molecular complexity index is 307. The van der Waals surface area contributed by atoms with Gasteiger partial charge in [-0.25, -0.2) is 0 Å². The zero-order valence-corrected chi connectivity index (χ0v) is 13.5. The van der Waals surface area contributed by atoms with Gasteiger partial charge in [0.25, 0.3) is 0 Å². The fourth-order valence-corrected chi connectivity index (χ4v) is 2.98. The number of nitrogens with two attached hydrogens (primary N) is 1. The quantitative estimate of drug-likeness (QED) is 0.731. The Morgan fingerprint density at radius 2 is 1.95 bits per heavy atom. The van der Waals surface area contributed by atoms with Crippen LogP contribution in [0.3, 0.4) is 0 Å². The van der Waals surface area contributed by atoms with Gasteiger partial charge in [0.05, 0.1) is 24.7 Å².